The fourth-order valence-electron chi connectivity index (χ4n) is 1.82. The van der Waals surface area contributed by atoms with E-state index in [9.17, 15) is 22.4 Å². The summed E-state index contributed by atoms with van der Waals surface area (Å²) in [6.45, 7) is 1.50. The molecule has 114 valence electrons. The summed E-state index contributed by atoms with van der Waals surface area (Å²) in [7, 11) is 1.33. The quantitative estimate of drug-likeness (QED) is 0.808. The van der Waals surface area contributed by atoms with Crippen LogP contribution in [0.15, 0.2) is 16.9 Å². The van der Waals surface area contributed by atoms with Gasteiger partial charge in [-0.1, -0.05) is 6.92 Å². The molecule has 0 aliphatic rings. The Hall–Kier alpha value is -2.39. The molecular weight excluding hydrogens is 296 g/mol. The van der Waals surface area contributed by atoms with Crippen molar-refractivity contribution < 1.29 is 22.3 Å². The number of benzene rings is 1. The zero-order valence-corrected chi connectivity index (χ0v) is 11.0. The number of ether oxygens (including phenoxy) is 1. The third-order valence-corrected chi connectivity index (χ3v) is 2.71. The van der Waals surface area contributed by atoms with Crippen LogP contribution in [0.4, 0.5) is 17.6 Å². The molecule has 6 nitrogen and oxygen atoms in total. The summed E-state index contributed by atoms with van der Waals surface area (Å²) in [6, 6.07) is 1.92. The van der Waals surface area contributed by atoms with Crippen molar-refractivity contribution in [1.82, 2.24) is 19.8 Å². The van der Waals surface area contributed by atoms with Crippen LogP contribution in [0.1, 0.15) is 12.5 Å². The van der Waals surface area contributed by atoms with Crippen molar-refractivity contribution in [1.29, 1.82) is 0 Å². The molecule has 0 amide bonds. The number of aryl methyl sites for hydroxylation is 1. The molecule has 1 aromatic carbocycles. The van der Waals surface area contributed by atoms with E-state index in [1.807, 2.05) is 0 Å². The molecule has 10 heteroatoms. The Kier molecular flexibility index (Phi) is 3.71. The molecule has 0 unspecified atom stereocenters. The third kappa shape index (κ3) is 2.88. The molecule has 2 aromatic rings. The predicted octanol–water partition coefficient (Wildman–Crippen LogP) is 1.57. The number of hydrogen-bond acceptors (Lipinski definition) is 4. The van der Waals surface area contributed by atoms with Crippen LogP contribution in [0.2, 0.25) is 0 Å². The van der Waals surface area contributed by atoms with Crippen LogP contribution in [0.3, 0.4) is 0 Å². The van der Waals surface area contributed by atoms with E-state index < -0.39 is 23.6 Å². The van der Waals surface area contributed by atoms with E-state index in [0.29, 0.717) is 0 Å². The molecule has 0 saturated carbocycles. The molecule has 21 heavy (non-hydrogen) atoms. The predicted molar refractivity (Wildman–Crippen MR) is 62.6 cm³/mol. The Balaban J connectivity index is 2.66. The lowest BCUT2D eigenvalue weighted by Crippen LogP contribution is -2.24. The second kappa shape index (κ2) is 5.19. The van der Waals surface area contributed by atoms with Crippen LogP contribution >= 0.6 is 0 Å². The summed E-state index contributed by atoms with van der Waals surface area (Å²) in [5, 5.41) is 6.97. The summed E-state index contributed by atoms with van der Waals surface area (Å²) in [6.07, 6.45) is -5.04. The Morgan fingerprint density at radius 3 is 2.43 bits per heavy atom. The summed E-state index contributed by atoms with van der Waals surface area (Å²) < 4.78 is 56.1. The van der Waals surface area contributed by atoms with Gasteiger partial charge >= 0.3 is 12.1 Å². The standard InChI is InChI=1S/C11H10F4N4O2/c1-3-6-8(19-10(20)18(2)16-17-19)5-4-7(12)9(6)21-11(13,14)15/h4-5H,3H2,1-2H3. The van der Waals surface area contributed by atoms with Crippen LogP contribution in [0, 0.1) is 5.82 Å². The van der Waals surface area contributed by atoms with Gasteiger partial charge in [-0.2, -0.15) is 9.36 Å². The maximum Gasteiger partial charge on any atom is 0.573 e. The number of halogens is 4. The van der Waals surface area contributed by atoms with Crippen molar-refractivity contribution >= 4 is 0 Å². The van der Waals surface area contributed by atoms with Gasteiger partial charge in [-0.3, -0.25) is 0 Å². The fraction of sp³-hybridized carbons (Fsp3) is 0.364. The number of aromatic nitrogens is 4. The van der Waals surface area contributed by atoms with Gasteiger partial charge in [0.15, 0.2) is 11.6 Å². The molecule has 0 radical (unpaired) electrons. The van der Waals surface area contributed by atoms with Crippen LogP contribution < -0.4 is 10.4 Å². The van der Waals surface area contributed by atoms with Gasteiger partial charge in [0.25, 0.3) is 0 Å². The van der Waals surface area contributed by atoms with Gasteiger partial charge in [-0.25, -0.2) is 9.18 Å². The van der Waals surface area contributed by atoms with E-state index in [1.165, 1.54) is 14.0 Å². The lowest BCUT2D eigenvalue weighted by molar-refractivity contribution is -0.275. The van der Waals surface area contributed by atoms with Gasteiger partial charge in [0.1, 0.15) is 0 Å². The molecule has 0 N–H and O–H groups in total. The molecule has 0 aliphatic carbocycles. The number of rotatable bonds is 3. The Morgan fingerprint density at radius 1 is 1.29 bits per heavy atom. The molecule has 0 spiro atoms. The maximum atomic E-state index is 13.6. The summed E-state index contributed by atoms with van der Waals surface area (Å²) in [4.78, 5) is 11.8. The second-order valence-corrected chi connectivity index (χ2v) is 4.07. The van der Waals surface area contributed by atoms with Gasteiger partial charge in [0, 0.05) is 12.6 Å². The molecule has 0 bridgehead atoms. The van der Waals surface area contributed by atoms with E-state index in [0.717, 1.165) is 21.5 Å². The molecule has 0 atom stereocenters. The molecule has 0 fully saturated rings. The normalized spacial score (nSPS) is 11.7. The van der Waals surface area contributed by atoms with E-state index in [4.69, 9.17) is 0 Å². The lowest BCUT2D eigenvalue weighted by Gasteiger charge is -2.15. The molecular formula is C11H10F4N4O2. The van der Waals surface area contributed by atoms with Crippen molar-refractivity contribution in [3.05, 3.63) is 34.0 Å². The topological polar surface area (TPSA) is 61.9 Å². The Bertz CT molecular complexity index is 720. The second-order valence-electron chi connectivity index (χ2n) is 4.07. The van der Waals surface area contributed by atoms with Crippen molar-refractivity contribution in [2.75, 3.05) is 0 Å². The van der Waals surface area contributed by atoms with Gasteiger partial charge in [0.05, 0.1) is 5.69 Å². The van der Waals surface area contributed by atoms with Gasteiger partial charge in [-0.05, 0) is 29.0 Å². The highest BCUT2D eigenvalue weighted by molar-refractivity contribution is 5.50. The number of hydrogen-bond donors (Lipinski definition) is 0. The average molecular weight is 306 g/mol. The molecule has 2 rings (SSSR count). The fourth-order valence-corrected chi connectivity index (χ4v) is 1.82. The van der Waals surface area contributed by atoms with Crippen molar-refractivity contribution in [2.45, 2.75) is 19.7 Å². The summed E-state index contributed by atoms with van der Waals surface area (Å²) in [5.74, 6) is -2.15. The Labute approximate surface area is 115 Å². The first-order valence-electron chi connectivity index (χ1n) is 5.81. The highest BCUT2D eigenvalue weighted by atomic mass is 19.4. The monoisotopic (exact) mass is 306 g/mol. The summed E-state index contributed by atoms with van der Waals surface area (Å²) in [5.41, 5.74) is -0.819. The zero-order chi connectivity index (χ0) is 15.8. The first kappa shape index (κ1) is 15.0. The zero-order valence-electron chi connectivity index (χ0n) is 11.0. The van der Waals surface area contributed by atoms with E-state index in [-0.39, 0.29) is 17.7 Å². The molecule has 1 heterocycles. The van der Waals surface area contributed by atoms with Crippen molar-refractivity contribution in [3.63, 3.8) is 0 Å². The van der Waals surface area contributed by atoms with E-state index >= 15 is 0 Å². The number of alkyl halides is 3. The highest BCUT2D eigenvalue weighted by Gasteiger charge is 2.34. The molecule has 0 saturated heterocycles. The molecule has 1 aromatic heterocycles. The van der Waals surface area contributed by atoms with E-state index in [1.54, 1.807) is 0 Å². The maximum absolute atomic E-state index is 13.6. The smallest absolute Gasteiger partial charge is 0.402 e. The van der Waals surface area contributed by atoms with Crippen LogP contribution in [0.5, 0.6) is 5.75 Å². The number of nitrogens with zero attached hydrogens (tertiary/aromatic N) is 4. The first-order chi connectivity index (χ1) is 9.74. The average Bonchev–Trinajstić information content (AvgIpc) is 2.71. The van der Waals surface area contributed by atoms with Crippen LogP contribution in [0.25, 0.3) is 5.69 Å². The lowest BCUT2D eigenvalue weighted by atomic mass is 10.1. The van der Waals surface area contributed by atoms with Crippen molar-refractivity contribution in [3.8, 4) is 11.4 Å². The molecule has 0 aliphatic heterocycles. The van der Waals surface area contributed by atoms with Crippen LogP contribution in [-0.2, 0) is 13.5 Å². The van der Waals surface area contributed by atoms with E-state index in [2.05, 4.69) is 15.2 Å². The first-order valence-corrected chi connectivity index (χ1v) is 5.81. The minimum Gasteiger partial charge on any atom is -0.402 e. The number of tetrazole rings is 1. The van der Waals surface area contributed by atoms with Crippen molar-refractivity contribution in [2.24, 2.45) is 7.05 Å². The van der Waals surface area contributed by atoms with Gasteiger partial charge in [0.2, 0.25) is 0 Å². The van der Waals surface area contributed by atoms with Gasteiger partial charge < -0.3 is 4.74 Å². The third-order valence-electron chi connectivity index (χ3n) is 2.71. The summed E-state index contributed by atoms with van der Waals surface area (Å²) >= 11 is 0. The highest BCUT2D eigenvalue weighted by Crippen LogP contribution is 2.32. The largest absolute Gasteiger partial charge is 0.573 e. The minimum atomic E-state index is -5.04. The van der Waals surface area contributed by atoms with Gasteiger partial charge in [-0.15, -0.1) is 13.2 Å². The SMILES string of the molecule is CCc1c(-n2nnn(C)c2=O)ccc(F)c1OC(F)(F)F. The Morgan fingerprint density at radius 2 is 1.95 bits per heavy atom. The van der Waals surface area contributed by atoms with Crippen LogP contribution in [-0.4, -0.2) is 26.2 Å². The minimum absolute atomic E-state index is 0.00151.